The molecule has 4 nitrogen and oxygen atoms in total. The molecule has 0 saturated carbocycles. The van der Waals surface area contributed by atoms with E-state index in [1.165, 1.54) is 0 Å². The highest BCUT2D eigenvalue weighted by atomic mass is 16.5. The molecule has 1 amide bonds. The third-order valence-corrected chi connectivity index (χ3v) is 4.33. The fraction of sp³-hybridized carbons (Fsp3) is 0.929. The van der Waals surface area contributed by atoms with Crippen molar-refractivity contribution in [3.05, 3.63) is 0 Å². The molecule has 0 spiro atoms. The van der Waals surface area contributed by atoms with Crippen molar-refractivity contribution in [2.24, 2.45) is 11.3 Å². The van der Waals surface area contributed by atoms with E-state index in [-0.39, 0.29) is 11.3 Å². The van der Waals surface area contributed by atoms with Crippen LogP contribution in [0.25, 0.3) is 0 Å². The minimum atomic E-state index is 0.210. The molecule has 0 bridgehead atoms. The van der Waals surface area contributed by atoms with Crippen LogP contribution in [0.3, 0.4) is 0 Å². The van der Waals surface area contributed by atoms with E-state index < -0.39 is 0 Å². The van der Waals surface area contributed by atoms with Crippen LogP contribution >= 0.6 is 0 Å². The highest BCUT2D eigenvalue weighted by molar-refractivity contribution is 5.75. The van der Waals surface area contributed by atoms with Gasteiger partial charge in [0, 0.05) is 26.2 Å². The summed E-state index contributed by atoms with van der Waals surface area (Å²) in [4.78, 5) is 11.8. The second-order valence-corrected chi connectivity index (χ2v) is 6.11. The summed E-state index contributed by atoms with van der Waals surface area (Å²) in [5, 5.41) is 6.47. The summed E-state index contributed by atoms with van der Waals surface area (Å²) in [6.45, 7) is 6.97. The van der Waals surface area contributed by atoms with E-state index in [0.29, 0.717) is 12.3 Å². The Hall–Kier alpha value is -0.610. The molecule has 1 unspecified atom stereocenters. The second kappa shape index (κ2) is 6.53. The Labute approximate surface area is 110 Å². The van der Waals surface area contributed by atoms with Gasteiger partial charge in [-0.1, -0.05) is 6.92 Å². The average Bonchev–Trinajstić information content (AvgIpc) is 2.88. The van der Waals surface area contributed by atoms with Gasteiger partial charge < -0.3 is 15.4 Å². The third kappa shape index (κ3) is 4.25. The first kappa shape index (κ1) is 13.8. The summed E-state index contributed by atoms with van der Waals surface area (Å²) in [6, 6.07) is 0. The molecule has 2 rings (SSSR count). The maximum absolute atomic E-state index is 11.8. The Morgan fingerprint density at radius 1 is 1.44 bits per heavy atom. The lowest BCUT2D eigenvalue weighted by Crippen LogP contribution is -2.42. The molecule has 2 aliphatic rings. The lowest BCUT2D eigenvalue weighted by molar-refractivity contribution is -0.122. The Kier molecular flexibility index (Phi) is 5.01. The first-order valence-corrected chi connectivity index (χ1v) is 7.23. The molecule has 2 heterocycles. The van der Waals surface area contributed by atoms with Crippen molar-refractivity contribution in [3.63, 3.8) is 0 Å². The van der Waals surface area contributed by atoms with E-state index in [0.717, 1.165) is 58.5 Å². The molecule has 0 radical (unpaired) electrons. The number of piperidine rings is 1. The molecule has 0 aliphatic carbocycles. The second-order valence-electron chi connectivity index (χ2n) is 6.11. The summed E-state index contributed by atoms with van der Waals surface area (Å²) in [5.41, 5.74) is 0.289. The fourth-order valence-electron chi connectivity index (χ4n) is 2.75. The summed E-state index contributed by atoms with van der Waals surface area (Å²) >= 11 is 0. The number of hydrogen-bond donors (Lipinski definition) is 2. The van der Waals surface area contributed by atoms with Gasteiger partial charge in [-0.25, -0.2) is 0 Å². The number of nitrogens with one attached hydrogen (secondary N) is 2. The van der Waals surface area contributed by atoms with Crippen LogP contribution in [0.15, 0.2) is 0 Å². The number of rotatable bonds is 5. The zero-order chi connectivity index (χ0) is 12.8. The molecule has 4 heteroatoms. The van der Waals surface area contributed by atoms with Crippen molar-refractivity contribution < 1.29 is 9.53 Å². The largest absolute Gasteiger partial charge is 0.381 e. The SMILES string of the molecule is CC1(CNC(=O)CCC2CCOC2)CCNCC1. The maximum atomic E-state index is 11.8. The Bertz CT molecular complexity index is 269. The van der Waals surface area contributed by atoms with Gasteiger partial charge in [0.15, 0.2) is 0 Å². The van der Waals surface area contributed by atoms with E-state index in [9.17, 15) is 4.79 Å². The summed E-state index contributed by atoms with van der Waals surface area (Å²) in [7, 11) is 0. The van der Waals surface area contributed by atoms with E-state index in [1.54, 1.807) is 0 Å². The summed E-state index contributed by atoms with van der Waals surface area (Å²) in [5.74, 6) is 0.812. The molecular formula is C14H26N2O2. The first-order valence-electron chi connectivity index (χ1n) is 7.23. The van der Waals surface area contributed by atoms with Gasteiger partial charge in [0.05, 0.1) is 0 Å². The molecule has 104 valence electrons. The number of ether oxygens (including phenoxy) is 1. The quantitative estimate of drug-likeness (QED) is 0.778. The molecule has 0 aromatic heterocycles. The molecule has 2 saturated heterocycles. The van der Waals surface area contributed by atoms with Crippen LogP contribution in [-0.4, -0.2) is 38.8 Å². The van der Waals surface area contributed by atoms with Gasteiger partial charge in [0.2, 0.25) is 5.91 Å². The standard InChI is InChI=1S/C14H26N2O2/c1-14(5-7-15-8-6-14)11-16-13(17)3-2-12-4-9-18-10-12/h12,15H,2-11H2,1H3,(H,16,17). The molecule has 0 aromatic rings. The predicted octanol–water partition coefficient (Wildman–Crippen LogP) is 1.31. The van der Waals surface area contributed by atoms with E-state index >= 15 is 0 Å². The van der Waals surface area contributed by atoms with Crippen LogP contribution in [0.1, 0.15) is 39.0 Å². The average molecular weight is 254 g/mol. The number of amides is 1. The van der Waals surface area contributed by atoms with Gasteiger partial charge in [-0.2, -0.15) is 0 Å². The lowest BCUT2D eigenvalue weighted by atomic mass is 9.81. The molecule has 0 aromatic carbocycles. The number of carbonyl (C=O) groups is 1. The van der Waals surface area contributed by atoms with Gasteiger partial charge >= 0.3 is 0 Å². The topological polar surface area (TPSA) is 50.4 Å². The zero-order valence-corrected chi connectivity index (χ0v) is 11.5. The highest BCUT2D eigenvalue weighted by Gasteiger charge is 2.27. The van der Waals surface area contributed by atoms with Crippen LogP contribution in [0, 0.1) is 11.3 Å². The molecule has 18 heavy (non-hydrogen) atoms. The van der Waals surface area contributed by atoms with Crippen molar-refractivity contribution >= 4 is 5.91 Å². The zero-order valence-electron chi connectivity index (χ0n) is 11.5. The van der Waals surface area contributed by atoms with Crippen LogP contribution in [-0.2, 0) is 9.53 Å². The van der Waals surface area contributed by atoms with Crippen LogP contribution in [0.4, 0.5) is 0 Å². The molecule has 2 N–H and O–H groups in total. The van der Waals surface area contributed by atoms with Crippen molar-refractivity contribution in [2.75, 3.05) is 32.8 Å². The number of hydrogen-bond acceptors (Lipinski definition) is 3. The van der Waals surface area contributed by atoms with Gasteiger partial charge in [0.25, 0.3) is 0 Å². The molecular weight excluding hydrogens is 228 g/mol. The van der Waals surface area contributed by atoms with E-state index in [4.69, 9.17) is 4.74 Å². The van der Waals surface area contributed by atoms with Crippen molar-refractivity contribution in [3.8, 4) is 0 Å². The Morgan fingerprint density at radius 2 is 2.22 bits per heavy atom. The van der Waals surface area contributed by atoms with Gasteiger partial charge in [0.1, 0.15) is 0 Å². The van der Waals surface area contributed by atoms with Crippen LogP contribution in [0.5, 0.6) is 0 Å². The van der Waals surface area contributed by atoms with Gasteiger partial charge in [-0.15, -0.1) is 0 Å². The molecule has 2 aliphatic heterocycles. The predicted molar refractivity (Wildman–Crippen MR) is 71.4 cm³/mol. The first-order chi connectivity index (χ1) is 8.68. The Morgan fingerprint density at radius 3 is 2.89 bits per heavy atom. The van der Waals surface area contributed by atoms with E-state index in [1.807, 2.05) is 0 Å². The maximum Gasteiger partial charge on any atom is 0.220 e. The molecule has 1 atom stereocenters. The minimum absolute atomic E-state index is 0.210. The molecule has 2 fully saturated rings. The summed E-state index contributed by atoms with van der Waals surface area (Å²) in [6.07, 6.45) is 5.07. The fourth-order valence-corrected chi connectivity index (χ4v) is 2.75. The third-order valence-electron chi connectivity index (χ3n) is 4.33. The highest BCUT2D eigenvalue weighted by Crippen LogP contribution is 2.26. The Balaban J connectivity index is 1.61. The van der Waals surface area contributed by atoms with Gasteiger partial charge in [-0.05, 0) is 50.1 Å². The monoisotopic (exact) mass is 254 g/mol. The lowest BCUT2D eigenvalue weighted by Gasteiger charge is -2.34. The smallest absolute Gasteiger partial charge is 0.220 e. The number of carbonyl (C=O) groups excluding carboxylic acids is 1. The van der Waals surface area contributed by atoms with Gasteiger partial charge in [-0.3, -0.25) is 4.79 Å². The van der Waals surface area contributed by atoms with E-state index in [2.05, 4.69) is 17.6 Å². The van der Waals surface area contributed by atoms with Crippen molar-refractivity contribution in [1.29, 1.82) is 0 Å². The minimum Gasteiger partial charge on any atom is -0.381 e. The van der Waals surface area contributed by atoms with Crippen molar-refractivity contribution in [1.82, 2.24) is 10.6 Å². The van der Waals surface area contributed by atoms with Crippen molar-refractivity contribution in [2.45, 2.75) is 39.0 Å². The summed E-state index contributed by atoms with van der Waals surface area (Å²) < 4.78 is 5.32. The van der Waals surface area contributed by atoms with Crippen LogP contribution < -0.4 is 10.6 Å². The normalized spacial score (nSPS) is 27.1. The van der Waals surface area contributed by atoms with Crippen LogP contribution in [0.2, 0.25) is 0 Å².